The number of piperidine rings is 1. The maximum absolute atomic E-state index is 12.8. The van der Waals surface area contributed by atoms with Crippen LogP contribution in [0.5, 0.6) is 5.88 Å². The van der Waals surface area contributed by atoms with Crippen molar-refractivity contribution in [2.24, 2.45) is 0 Å². The van der Waals surface area contributed by atoms with Crippen molar-refractivity contribution in [3.8, 4) is 5.88 Å². The van der Waals surface area contributed by atoms with Gasteiger partial charge in [-0.25, -0.2) is 9.78 Å². The minimum atomic E-state index is -0.119. The highest BCUT2D eigenvalue weighted by molar-refractivity contribution is 5.96. The number of nitrogens with zero attached hydrogens (tertiary/aromatic N) is 5. The number of carbonyl (C=O) groups is 2. The first-order valence-corrected chi connectivity index (χ1v) is 9.94. The molecule has 0 aliphatic carbocycles. The predicted molar refractivity (Wildman–Crippen MR) is 108 cm³/mol. The standard InChI is InChI=1S/C21H25N5O3/c1-16-4-6-17(7-5-16)26-12-11-25(21(26)28)15-20(27)24-10-2-3-18(14-24)29-19-13-22-8-9-23-19/h4-9,13,18H,2-3,10-12,14-15H2,1H3/t18-/m0/s1. The van der Waals surface area contributed by atoms with Crippen LogP contribution < -0.4 is 9.64 Å². The third kappa shape index (κ3) is 4.47. The number of hydrogen-bond donors (Lipinski definition) is 0. The number of aromatic nitrogens is 2. The van der Waals surface area contributed by atoms with Crippen LogP contribution in [0.1, 0.15) is 18.4 Å². The second-order valence-electron chi connectivity index (χ2n) is 7.46. The first kappa shape index (κ1) is 19.2. The van der Waals surface area contributed by atoms with Crippen molar-refractivity contribution in [2.75, 3.05) is 37.6 Å². The quantitative estimate of drug-likeness (QED) is 0.775. The molecule has 2 aliphatic heterocycles. The number of benzene rings is 1. The molecule has 152 valence electrons. The monoisotopic (exact) mass is 395 g/mol. The molecule has 8 nitrogen and oxygen atoms in total. The van der Waals surface area contributed by atoms with Gasteiger partial charge in [-0.1, -0.05) is 17.7 Å². The lowest BCUT2D eigenvalue weighted by Crippen LogP contribution is -2.48. The summed E-state index contributed by atoms with van der Waals surface area (Å²) in [6, 6.07) is 7.74. The zero-order valence-corrected chi connectivity index (χ0v) is 16.5. The van der Waals surface area contributed by atoms with Gasteiger partial charge in [-0.15, -0.1) is 0 Å². The highest BCUT2D eigenvalue weighted by Gasteiger charge is 2.33. The van der Waals surface area contributed by atoms with Crippen LogP contribution in [0.4, 0.5) is 10.5 Å². The lowest BCUT2D eigenvalue weighted by atomic mass is 10.1. The summed E-state index contributed by atoms with van der Waals surface area (Å²) in [5.74, 6) is 0.423. The molecule has 2 saturated heterocycles. The Morgan fingerprint density at radius 1 is 1.17 bits per heavy atom. The fourth-order valence-electron chi connectivity index (χ4n) is 3.73. The SMILES string of the molecule is Cc1ccc(N2CCN(CC(=O)N3CCC[C@H](Oc4cnccn4)C3)C2=O)cc1. The molecule has 8 heteroatoms. The zero-order valence-electron chi connectivity index (χ0n) is 16.5. The van der Waals surface area contributed by atoms with E-state index in [2.05, 4.69) is 9.97 Å². The van der Waals surface area contributed by atoms with Crippen LogP contribution in [-0.4, -0.2) is 70.5 Å². The van der Waals surface area contributed by atoms with Crippen molar-refractivity contribution in [1.82, 2.24) is 19.8 Å². The molecule has 0 radical (unpaired) electrons. The highest BCUT2D eigenvalue weighted by atomic mass is 16.5. The number of amides is 3. The van der Waals surface area contributed by atoms with Crippen LogP contribution >= 0.6 is 0 Å². The molecule has 1 aromatic heterocycles. The molecule has 0 bridgehead atoms. The Hall–Kier alpha value is -3.16. The van der Waals surface area contributed by atoms with E-state index in [9.17, 15) is 9.59 Å². The summed E-state index contributed by atoms with van der Waals surface area (Å²) in [6.07, 6.45) is 6.37. The van der Waals surface area contributed by atoms with Gasteiger partial charge >= 0.3 is 6.03 Å². The summed E-state index contributed by atoms with van der Waals surface area (Å²) in [6.45, 7) is 4.43. The number of rotatable bonds is 5. The van der Waals surface area contributed by atoms with Crippen LogP contribution in [0.2, 0.25) is 0 Å². The van der Waals surface area contributed by atoms with Gasteiger partial charge in [0.1, 0.15) is 12.6 Å². The van der Waals surface area contributed by atoms with E-state index in [1.54, 1.807) is 33.3 Å². The Balaban J connectivity index is 1.33. The Labute approximate surface area is 170 Å². The van der Waals surface area contributed by atoms with Crippen LogP contribution in [0, 0.1) is 6.92 Å². The van der Waals surface area contributed by atoms with Crippen molar-refractivity contribution >= 4 is 17.6 Å². The zero-order chi connectivity index (χ0) is 20.2. The Bertz CT molecular complexity index is 858. The molecule has 3 amide bonds. The Morgan fingerprint density at radius 2 is 2.00 bits per heavy atom. The lowest BCUT2D eigenvalue weighted by Gasteiger charge is -2.33. The summed E-state index contributed by atoms with van der Waals surface area (Å²) in [5, 5.41) is 0. The van der Waals surface area contributed by atoms with Gasteiger partial charge in [0.05, 0.1) is 12.7 Å². The molecule has 2 fully saturated rings. The lowest BCUT2D eigenvalue weighted by molar-refractivity contribution is -0.134. The van der Waals surface area contributed by atoms with Gasteiger partial charge in [0.2, 0.25) is 11.8 Å². The molecular weight excluding hydrogens is 370 g/mol. The molecule has 1 atom stereocenters. The molecule has 29 heavy (non-hydrogen) atoms. The van der Waals surface area contributed by atoms with Crippen LogP contribution in [-0.2, 0) is 4.79 Å². The molecule has 4 rings (SSSR count). The second-order valence-corrected chi connectivity index (χ2v) is 7.46. The van der Waals surface area contributed by atoms with E-state index in [1.165, 1.54) is 0 Å². The number of aryl methyl sites for hydroxylation is 1. The smallest absolute Gasteiger partial charge is 0.325 e. The average molecular weight is 395 g/mol. The molecule has 1 aromatic carbocycles. The number of ether oxygens (including phenoxy) is 1. The normalized spacial score (nSPS) is 19.6. The number of urea groups is 1. The third-order valence-electron chi connectivity index (χ3n) is 5.32. The fraction of sp³-hybridized carbons (Fsp3) is 0.429. The Kier molecular flexibility index (Phi) is 5.59. The van der Waals surface area contributed by atoms with E-state index < -0.39 is 0 Å². The van der Waals surface area contributed by atoms with Gasteiger partial charge in [0.25, 0.3) is 0 Å². The fourth-order valence-corrected chi connectivity index (χ4v) is 3.73. The van der Waals surface area contributed by atoms with Gasteiger partial charge in [0.15, 0.2) is 0 Å². The first-order chi connectivity index (χ1) is 14.1. The van der Waals surface area contributed by atoms with E-state index in [1.807, 2.05) is 31.2 Å². The first-order valence-electron chi connectivity index (χ1n) is 9.94. The second kappa shape index (κ2) is 8.46. The van der Waals surface area contributed by atoms with Gasteiger partial charge in [-0.2, -0.15) is 0 Å². The molecule has 2 aromatic rings. The predicted octanol–water partition coefficient (Wildman–Crippen LogP) is 2.10. The number of carbonyl (C=O) groups excluding carboxylic acids is 2. The minimum absolute atomic E-state index is 0.0449. The summed E-state index contributed by atoms with van der Waals surface area (Å²) >= 11 is 0. The number of hydrogen-bond acceptors (Lipinski definition) is 5. The van der Waals surface area contributed by atoms with Gasteiger partial charge in [0, 0.05) is 37.7 Å². The van der Waals surface area contributed by atoms with Crippen LogP contribution in [0.25, 0.3) is 0 Å². The maximum Gasteiger partial charge on any atom is 0.325 e. The van der Waals surface area contributed by atoms with Crippen molar-refractivity contribution < 1.29 is 14.3 Å². The molecule has 2 aliphatic rings. The van der Waals surface area contributed by atoms with Gasteiger partial charge in [-0.05, 0) is 31.9 Å². The van der Waals surface area contributed by atoms with E-state index >= 15 is 0 Å². The highest BCUT2D eigenvalue weighted by Crippen LogP contribution is 2.21. The van der Waals surface area contributed by atoms with Crippen LogP contribution in [0.3, 0.4) is 0 Å². The van der Waals surface area contributed by atoms with E-state index in [0.717, 1.165) is 24.1 Å². The van der Waals surface area contributed by atoms with Gasteiger partial charge < -0.3 is 14.5 Å². The van der Waals surface area contributed by atoms with Crippen molar-refractivity contribution in [1.29, 1.82) is 0 Å². The topological polar surface area (TPSA) is 78.9 Å². The average Bonchev–Trinajstić information content (AvgIpc) is 3.10. The third-order valence-corrected chi connectivity index (χ3v) is 5.32. The Morgan fingerprint density at radius 3 is 2.76 bits per heavy atom. The molecule has 0 spiro atoms. The largest absolute Gasteiger partial charge is 0.471 e. The van der Waals surface area contributed by atoms with Crippen molar-refractivity contribution in [2.45, 2.75) is 25.9 Å². The molecular formula is C21H25N5O3. The minimum Gasteiger partial charge on any atom is -0.471 e. The van der Waals surface area contributed by atoms with E-state index in [4.69, 9.17) is 4.74 Å². The van der Waals surface area contributed by atoms with Crippen molar-refractivity contribution in [3.63, 3.8) is 0 Å². The van der Waals surface area contributed by atoms with E-state index in [0.29, 0.717) is 32.1 Å². The van der Waals surface area contributed by atoms with Crippen molar-refractivity contribution in [3.05, 3.63) is 48.4 Å². The number of likely N-dealkylation sites (tertiary alicyclic amines) is 1. The number of anilines is 1. The summed E-state index contributed by atoms with van der Waals surface area (Å²) in [5.41, 5.74) is 2.02. The summed E-state index contributed by atoms with van der Waals surface area (Å²) < 4.78 is 5.86. The summed E-state index contributed by atoms with van der Waals surface area (Å²) in [4.78, 5) is 38.8. The summed E-state index contributed by atoms with van der Waals surface area (Å²) in [7, 11) is 0. The van der Waals surface area contributed by atoms with Gasteiger partial charge in [-0.3, -0.25) is 14.7 Å². The van der Waals surface area contributed by atoms with Crippen LogP contribution in [0.15, 0.2) is 42.9 Å². The maximum atomic E-state index is 12.8. The molecule has 0 unspecified atom stereocenters. The van der Waals surface area contributed by atoms with E-state index in [-0.39, 0.29) is 24.6 Å². The molecule has 0 saturated carbocycles. The molecule has 3 heterocycles. The molecule has 0 N–H and O–H groups in total.